The van der Waals surface area contributed by atoms with E-state index in [4.69, 9.17) is 16.3 Å². The SMILES string of the molecule is CNCCOc1c(C=O)cc(Cc2ccc(-c3cc(F)c(=O)n(C)c3)cc2)c(C)c1Cl. The van der Waals surface area contributed by atoms with Crippen LogP contribution in [0.1, 0.15) is 27.0 Å². The van der Waals surface area contributed by atoms with Crippen LogP contribution in [0.3, 0.4) is 0 Å². The van der Waals surface area contributed by atoms with Crippen LogP contribution in [0.2, 0.25) is 5.02 Å². The van der Waals surface area contributed by atoms with Crippen molar-refractivity contribution in [3.63, 3.8) is 0 Å². The second kappa shape index (κ2) is 9.90. The Kier molecular flexibility index (Phi) is 7.25. The molecule has 0 atom stereocenters. The zero-order valence-electron chi connectivity index (χ0n) is 17.7. The number of aromatic nitrogens is 1. The summed E-state index contributed by atoms with van der Waals surface area (Å²) in [6.07, 6.45) is 2.93. The first-order valence-electron chi connectivity index (χ1n) is 9.85. The molecule has 1 heterocycles. The van der Waals surface area contributed by atoms with Crippen molar-refractivity contribution in [2.75, 3.05) is 20.2 Å². The standard InChI is InChI=1S/C24H24ClFN2O3/c1-15-18(11-20(14-29)23(22(15)25)31-9-8-27-2)10-16-4-6-17(7-5-16)19-12-21(26)24(30)28(3)13-19/h4-7,11-14,27H,8-10H2,1-3H3. The first-order valence-corrected chi connectivity index (χ1v) is 10.2. The van der Waals surface area contributed by atoms with Crippen LogP contribution in [0.4, 0.5) is 4.39 Å². The van der Waals surface area contributed by atoms with Crippen LogP contribution in [0.5, 0.6) is 5.75 Å². The molecule has 0 bridgehead atoms. The first-order chi connectivity index (χ1) is 14.8. The van der Waals surface area contributed by atoms with E-state index in [1.165, 1.54) is 17.7 Å². The molecule has 0 saturated carbocycles. The van der Waals surface area contributed by atoms with Gasteiger partial charge in [-0.2, -0.15) is 0 Å². The Morgan fingerprint density at radius 1 is 1.19 bits per heavy atom. The third-order valence-corrected chi connectivity index (χ3v) is 5.60. The molecule has 3 rings (SSSR count). The van der Waals surface area contributed by atoms with E-state index in [2.05, 4.69) is 5.32 Å². The maximum atomic E-state index is 13.8. The van der Waals surface area contributed by atoms with Crippen LogP contribution < -0.4 is 15.6 Å². The third kappa shape index (κ3) is 5.03. The minimum Gasteiger partial charge on any atom is -0.490 e. The Balaban J connectivity index is 1.86. The lowest BCUT2D eigenvalue weighted by molar-refractivity contribution is 0.111. The molecule has 0 fully saturated rings. The van der Waals surface area contributed by atoms with Crippen LogP contribution in [0.15, 0.2) is 47.4 Å². The van der Waals surface area contributed by atoms with Crippen LogP contribution in [-0.2, 0) is 13.5 Å². The largest absolute Gasteiger partial charge is 0.490 e. The molecule has 2 aromatic carbocycles. The van der Waals surface area contributed by atoms with Crippen molar-refractivity contribution in [3.8, 4) is 16.9 Å². The minimum absolute atomic E-state index is 0.403. The van der Waals surface area contributed by atoms with Gasteiger partial charge in [0.2, 0.25) is 0 Å². The van der Waals surface area contributed by atoms with E-state index >= 15 is 0 Å². The molecular weight excluding hydrogens is 419 g/mol. The van der Waals surface area contributed by atoms with Gasteiger partial charge in [-0.25, -0.2) is 4.39 Å². The minimum atomic E-state index is -0.784. The quantitative estimate of drug-likeness (QED) is 0.420. The van der Waals surface area contributed by atoms with Crippen molar-refractivity contribution in [2.24, 2.45) is 7.05 Å². The van der Waals surface area contributed by atoms with E-state index in [1.54, 1.807) is 12.3 Å². The Labute approximate surface area is 185 Å². The van der Waals surface area contributed by atoms with Crippen molar-refractivity contribution in [1.82, 2.24) is 9.88 Å². The number of pyridine rings is 1. The Morgan fingerprint density at radius 3 is 2.52 bits per heavy atom. The van der Waals surface area contributed by atoms with Gasteiger partial charge >= 0.3 is 0 Å². The van der Waals surface area contributed by atoms with Crippen LogP contribution >= 0.6 is 11.6 Å². The van der Waals surface area contributed by atoms with Crippen LogP contribution in [0, 0.1) is 12.7 Å². The molecule has 0 saturated heterocycles. The summed E-state index contributed by atoms with van der Waals surface area (Å²) in [7, 11) is 3.34. The van der Waals surface area contributed by atoms with Gasteiger partial charge in [0.25, 0.3) is 5.56 Å². The molecule has 1 aromatic heterocycles. The average molecular weight is 443 g/mol. The number of ether oxygens (including phenoxy) is 1. The molecule has 1 N–H and O–H groups in total. The highest BCUT2D eigenvalue weighted by atomic mass is 35.5. The number of nitrogens with zero attached hydrogens (tertiary/aromatic N) is 1. The maximum Gasteiger partial charge on any atom is 0.286 e. The Morgan fingerprint density at radius 2 is 1.90 bits per heavy atom. The van der Waals surface area contributed by atoms with Gasteiger partial charge < -0.3 is 14.6 Å². The molecule has 0 aliphatic carbocycles. The van der Waals surface area contributed by atoms with Gasteiger partial charge in [0.05, 0.1) is 10.6 Å². The van der Waals surface area contributed by atoms with Crippen molar-refractivity contribution in [2.45, 2.75) is 13.3 Å². The fraction of sp³-hybridized carbons (Fsp3) is 0.250. The smallest absolute Gasteiger partial charge is 0.286 e. The fourth-order valence-corrected chi connectivity index (χ4v) is 3.62. The number of carbonyl (C=O) groups excluding carboxylic acids is 1. The highest BCUT2D eigenvalue weighted by molar-refractivity contribution is 6.33. The molecule has 3 aromatic rings. The van der Waals surface area contributed by atoms with Gasteiger partial charge in [-0.1, -0.05) is 35.9 Å². The van der Waals surface area contributed by atoms with E-state index < -0.39 is 11.4 Å². The van der Waals surface area contributed by atoms with E-state index in [0.717, 1.165) is 28.5 Å². The van der Waals surface area contributed by atoms with E-state index in [-0.39, 0.29) is 0 Å². The van der Waals surface area contributed by atoms with Gasteiger partial charge in [0.15, 0.2) is 12.1 Å². The lowest BCUT2D eigenvalue weighted by Crippen LogP contribution is -2.19. The monoisotopic (exact) mass is 442 g/mol. The molecule has 162 valence electrons. The molecule has 0 unspecified atom stereocenters. The highest BCUT2D eigenvalue weighted by Crippen LogP contribution is 2.34. The van der Waals surface area contributed by atoms with E-state index in [9.17, 15) is 14.0 Å². The lowest BCUT2D eigenvalue weighted by atomic mass is 9.96. The molecule has 0 spiro atoms. The number of benzene rings is 2. The normalized spacial score (nSPS) is 10.9. The Bertz CT molecular complexity index is 1130. The predicted octanol–water partition coefficient (Wildman–Crippen LogP) is 4.15. The van der Waals surface area contributed by atoms with E-state index in [1.807, 2.05) is 38.2 Å². The topological polar surface area (TPSA) is 60.3 Å². The van der Waals surface area contributed by atoms with Gasteiger partial charge in [-0.3, -0.25) is 9.59 Å². The summed E-state index contributed by atoms with van der Waals surface area (Å²) in [6, 6.07) is 10.7. The number of nitrogens with one attached hydrogen (secondary N) is 1. The molecule has 0 aliphatic rings. The number of likely N-dealkylation sites (N-methyl/N-ethyl adjacent to an activating group) is 1. The van der Waals surface area contributed by atoms with Gasteiger partial charge in [0, 0.05) is 25.4 Å². The lowest BCUT2D eigenvalue weighted by Gasteiger charge is -2.16. The van der Waals surface area contributed by atoms with Crippen molar-refractivity contribution < 1.29 is 13.9 Å². The van der Waals surface area contributed by atoms with Gasteiger partial charge in [-0.15, -0.1) is 0 Å². The zero-order valence-corrected chi connectivity index (χ0v) is 18.4. The number of halogens is 2. The predicted molar refractivity (Wildman–Crippen MR) is 121 cm³/mol. The van der Waals surface area contributed by atoms with E-state index in [0.29, 0.717) is 41.5 Å². The number of aryl methyl sites for hydroxylation is 1. The maximum absolute atomic E-state index is 13.8. The number of aldehydes is 1. The van der Waals surface area contributed by atoms with Crippen molar-refractivity contribution in [3.05, 3.63) is 86.0 Å². The third-order valence-electron chi connectivity index (χ3n) is 5.15. The van der Waals surface area contributed by atoms with Gasteiger partial charge in [0.1, 0.15) is 12.4 Å². The summed E-state index contributed by atoms with van der Waals surface area (Å²) in [5.41, 5.74) is 3.97. The molecule has 0 amide bonds. The number of hydrogen-bond acceptors (Lipinski definition) is 4. The average Bonchev–Trinajstić information content (AvgIpc) is 2.77. The molecule has 31 heavy (non-hydrogen) atoms. The summed E-state index contributed by atoms with van der Waals surface area (Å²) in [4.78, 5) is 23.2. The molecule has 0 radical (unpaired) electrons. The summed E-state index contributed by atoms with van der Waals surface area (Å²) in [6.45, 7) is 2.95. The Hall–Kier alpha value is -2.96. The van der Waals surface area contributed by atoms with Crippen LogP contribution in [0.25, 0.3) is 11.1 Å². The second-order valence-corrected chi connectivity index (χ2v) is 7.71. The summed E-state index contributed by atoms with van der Waals surface area (Å²) in [5, 5.41) is 3.42. The number of carbonyl (C=O) groups is 1. The number of hydrogen-bond donors (Lipinski definition) is 1. The summed E-state index contributed by atoms with van der Waals surface area (Å²) < 4.78 is 20.7. The molecule has 5 nitrogen and oxygen atoms in total. The molecule has 0 aliphatic heterocycles. The van der Waals surface area contributed by atoms with Gasteiger partial charge in [-0.05, 0) is 54.8 Å². The molecule has 7 heteroatoms. The van der Waals surface area contributed by atoms with Crippen LogP contribution in [-0.4, -0.2) is 31.1 Å². The fourth-order valence-electron chi connectivity index (χ4n) is 3.34. The second-order valence-electron chi connectivity index (χ2n) is 7.33. The first kappa shape index (κ1) is 22.7. The van der Waals surface area contributed by atoms with Crippen molar-refractivity contribution in [1.29, 1.82) is 0 Å². The van der Waals surface area contributed by atoms with Crippen molar-refractivity contribution >= 4 is 17.9 Å². The zero-order chi connectivity index (χ0) is 22.5. The highest BCUT2D eigenvalue weighted by Gasteiger charge is 2.16. The number of rotatable bonds is 8. The summed E-state index contributed by atoms with van der Waals surface area (Å²) in [5.74, 6) is -0.381. The molecular formula is C24H24ClFN2O3. The summed E-state index contributed by atoms with van der Waals surface area (Å²) >= 11 is 6.51.